The number of nitrogens with zero attached hydrogens (tertiary/aromatic N) is 3. The minimum absolute atomic E-state index is 0.0158. The van der Waals surface area contributed by atoms with E-state index in [9.17, 15) is 9.59 Å². The second-order valence-electron chi connectivity index (χ2n) is 4.07. The predicted octanol–water partition coefficient (Wildman–Crippen LogP) is -0.0489. The van der Waals surface area contributed by atoms with Gasteiger partial charge in [0.25, 0.3) is 0 Å². The first-order valence-electron chi connectivity index (χ1n) is 5.92. The molecule has 0 spiro atoms. The summed E-state index contributed by atoms with van der Waals surface area (Å²) in [6, 6.07) is 0.986. The van der Waals surface area contributed by atoms with E-state index in [0.717, 1.165) is 0 Å². The largest absolute Gasteiger partial charge is 0.378 e. The highest BCUT2D eigenvalue weighted by atomic mass is 16.5. The molecule has 1 aromatic heterocycles. The number of hydrogen-bond donors (Lipinski definition) is 2. The number of hydrogen-bond acceptors (Lipinski definition) is 6. The third-order valence-corrected chi connectivity index (χ3v) is 2.14. The topological polar surface area (TPSA) is 120 Å². The number of urea groups is 1. The number of Topliss-reactive ketones (excluding diaryl/α,β-unsaturated/α-hetero) is 1. The molecule has 8 heteroatoms. The minimum atomic E-state index is -0.743. The van der Waals surface area contributed by atoms with Gasteiger partial charge >= 0.3 is 6.03 Å². The Morgan fingerprint density at radius 3 is 2.75 bits per heavy atom. The van der Waals surface area contributed by atoms with Gasteiger partial charge in [0.05, 0.1) is 18.0 Å². The van der Waals surface area contributed by atoms with Crippen molar-refractivity contribution < 1.29 is 14.3 Å². The van der Waals surface area contributed by atoms with E-state index in [1.807, 2.05) is 0 Å². The van der Waals surface area contributed by atoms with Gasteiger partial charge in [0.2, 0.25) is 0 Å². The van der Waals surface area contributed by atoms with E-state index in [-0.39, 0.29) is 12.2 Å². The molecule has 0 saturated heterocycles. The summed E-state index contributed by atoms with van der Waals surface area (Å²) in [7, 11) is 1.56. The number of amides is 2. The van der Waals surface area contributed by atoms with Crippen molar-refractivity contribution in [1.82, 2.24) is 15.4 Å². The Morgan fingerprint density at radius 1 is 1.45 bits per heavy atom. The molecular weight excluding hydrogens is 262 g/mol. The Hall–Kier alpha value is -2.35. The van der Waals surface area contributed by atoms with Crippen LogP contribution in [0.25, 0.3) is 0 Å². The van der Waals surface area contributed by atoms with Crippen LogP contribution >= 0.6 is 0 Å². The second-order valence-corrected chi connectivity index (χ2v) is 4.07. The number of nitrogens with one attached hydrogen (secondary N) is 1. The normalized spacial score (nSPS) is 10.7. The third kappa shape index (κ3) is 6.01. The number of carbonyl (C=O) groups is 2. The molecule has 0 aliphatic carbocycles. The van der Waals surface area contributed by atoms with Crippen molar-refractivity contribution in [1.29, 1.82) is 0 Å². The lowest BCUT2D eigenvalue weighted by Gasteiger charge is -2.05. The first-order valence-corrected chi connectivity index (χ1v) is 5.92. The van der Waals surface area contributed by atoms with Crippen LogP contribution < -0.4 is 11.2 Å². The summed E-state index contributed by atoms with van der Waals surface area (Å²) in [4.78, 5) is 30.1. The van der Waals surface area contributed by atoms with Crippen LogP contribution in [0.4, 0.5) is 4.79 Å². The van der Waals surface area contributed by atoms with Crippen LogP contribution in [0.2, 0.25) is 0 Å². The van der Waals surface area contributed by atoms with E-state index >= 15 is 0 Å². The second kappa shape index (κ2) is 7.95. The summed E-state index contributed by atoms with van der Waals surface area (Å²) in [6.45, 7) is 1.83. The SMILES string of the molecule is COCc1cc(CC(C)=O)nc(CC=NNC(N)=O)n1. The molecule has 0 saturated carbocycles. The Morgan fingerprint density at radius 2 is 2.15 bits per heavy atom. The Kier molecular flexibility index (Phi) is 6.24. The van der Waals surface area contributed by atoms with E-state index in [4.69, 9.17) is 10.5 Å². The molecule has 1 aromatic rings. The molecule has 0 aliphatic rings. The molecule has 1 rings (SSSR count). The van der Waals surface area contributed by atoms with Crippen molar-refractivity contribution in [2.75, 3.05) is 7.11 Å². The van der Waals surface area contributed by atoms with Crippen molar-refractivity contribution in [3.8, 4) is 0 Å². The molecule has 0 unspecified atom stereocenters. The summed E-state index contributed by atoms with van der Waals surface area (Å²) < 4.78 is 5.02. The molecule has 1 heterocycles. The number of ether oxygens (including phenoxy) is 1. The highest BCUT2D eigenvalue weighted by molar-refractivity contribution is 5.77. The third-order valence-electron chi connectivity index (χ3n) is 2.14. The summed E-state index contributed by atoms with van der Waals surface area (Å²) in [5, 5.41) is 3.60. The quantitative estimate of drug-likeness (QED) is 0.535. The molecule has 0 atom stereocenters. The van der Waals surface area contributed by atoms with Crippen LogP contribution in [-0.2, 0) is 29.0 Å². The lowest BCUT2D eigenvalue weighted by Crippen LogP contribution is -2.24. The smallest absolute Gasteiger partial charge is 0.332 e. The fourth-order valence-corrected chi connectivity index (χ4v) is 1.51. The number of rotatable bonds is 7. The number of ketones is 1. The monoisotopic (exact) mass is 279 g/mol. The zero-order chi connectivity index (χ0) is 15.0. The number of hydrazone groups is 1. The summed E-state index contributed by atoms with van der Waals surface area (Å²) in [6.07, 6.45) is 1.97. The van der Waals surface area contributed by atoms with Crippen molar-refractivity contribution in [2.45, 2.75) is 26.4 Å². The van der Waals surface area contributed by atoms with Gasteiger partial charge in [-0.3, -0.25) is 4.79 Å². The molecule has 108 valence electrons. The van der Waals surface area contributed by atoms with Gasteiger partial charge in [0, 0.05) is 26.2 Å². The molecule has 0 aliphatic heterocycles. The standard InChI is InChI=1S/C12H17N5O3/c1-8(18)5-9-6-10(7-20-2)16-11(15-9)3-4-14-17-12(13)19/h4,6H,3,5,7H2,1-2H3,(H3,13,17,19). The highest BCUT2D eigenvalue weighted by Crippen LogP contribution is 2.05. The molecule has 0 bridgehead atoms. The van der Waals surface area contributed by atoms with Gasteiger partial charge in [-0.2, -0.15) is 5.10 Å². The highest BCUT2D eigenvalue weighted by Gasteiger charge is 2.06. The Labute approximate surface area is 116 Å². The Balaban J connectivity index is 2.82. The zero-order valence-corrected chi connectivity index (χ0v) is 11.4. The van der Waals surface area contributed by atoms with E-state index in [1.54, 1.807) is 13.2 Å². The number of methoxy groups -OCH3 is 1. The van der Waals surface area contributed by atoms with Crippen molar-refractivity contribution >= 4 is 18.0 Å². The lowest BCUT2D eigenvalue weighted by molar-refractivity contribution is -0.116. The number of carbonyl (C=O) groups excluding carboxylic acids is 2. The predicted molar refractivity (Wildman–Crippen MR) is 72.0 cm³/mol. The van der Waals surface area contributed by atoms with E-state index in [0.29, 0.717) is 30.2 Å². The maximum Gasteiger partial charge on any atom is 0.332 e. The van der Waals surface area contributed by atoms with E-state index < -0.39 is 6.03 Å². The van der Waals surface area contributed by atoms with Crippen LogP contribution in [0.3, 0.4) is 0 Å². The summed E-state index contributed by atoms with van der Waals surface area (Å²) >= 11 is 0. The fraction of sp³-hybridized carbons (Fsp3) is 0.417. The van der Waals surface area contributed by atoms with E-state index in [2.05, 4.69) is 20.5 Å². The summed E-state index contributed by atoms with van der Waals surface area (Å²) in [5.74, 6) is 0.507. The molecule has 0 fully saturated rings. The number of primary amides is 1. The summed E-state index contributed by atoms with van der Waals surface area (Å²) in [5.41, 5.74) is 8.26. The van der Waals surface area contributed by atoms with Crippen molar-refractivity contribution in [3.05, 3.63) is 23.3 Å². The average molecular weight is 279 g/mol. The van der Waals surface area contributed by atoms with Crippen LogP contribution in [0.5, 0.6) is 0 Å². The first kappa shape index (κ1) is 15.7. The molecule has 3 N–H and O–H groups in total. The van der Waals surface area contributed by atoms with Crippen LogP contribution in [0.15, 0.2) is 11.2 Å². The van der Waals surface area contributed by atoms with Gasteiger partial charge in [-0.05, 0) is 13.0 Å². The van der Waals surface area contributed by atoms with Crippen molar-refractivity contribution in [3.63, 3.8) is 0 Å². The van der Waals surface area contributed by atoms with Crippen LogP contribution in [0, 0.1) is 0 Å². The van der Waals surface area contributed by atoms with Gasteiger partial charge in [-0.25, -0.2) is 20.2 Å². The van der Waals surface area contributed by atoms with Crippen molar-refractivity contribution in [2.24, 2.45) is 10.8 Å². The van der Waals surface area contributed by atoms with Crippen LogP contribution in [0.1, 0.15) is 24.1 Å². The Bertz CT molecular complexity index is 516. The van der Waals surface area contributed by atoms with Gasteiger partial charge in [-0.15, -0.1) is 0 Å². The van der Waals surface area contributed by atoms with Crippen LogP contribution in [-0.4, -0.2) is 35.1 Å². The molecule has 0 radical (unpaired) electrons. The molecular formula is C12H17N5O3. The lowest BCUT2D eigenvalue weighted by atomic mass is 10.2. The fourth-order valence-electron chi connectivity index (χ4n) is 1.51. The number of aromatic nitrogens is 2. The first-order chi connectivity index (χ1) is 9.51. The molecule has 2 amide bonds. The van der Waals surface area contributed by atoms with E-state index in [1.165, 1.54) is 13.1 Å². The average Bonchev–Trinajstić information content (AvgIpc) is 2.34. The maximum atomic E-state index is 11.1. The minimum Gasteiger partial charge on any atom is -0.378 e. The van der Waals surface area contributed by atoms with Gasteiger partial charge in [0.1, 0.15) is 11.6 Å². The zero-order valence-electron chi connectivity index (χ0n) is 11.4. The molecule has 8 nitrogen and oxygen atoms in total. The maximum absolute atomic E-state index is 11.1. The number of nitrogens with two attached hydrogens (primary N) is 1. The molecule has 20 heavy (non-hydrogen) atoms. The van der Waals surface area contributed by atoms with Gasteiger partial charge in [0.15, 0.2) is 0 Å². The molecule has 0 aromatic carbocycles. The van der Waals surface area contributed by atoms with Gasteiger partial charge < -0.3 is 10.5 Å². The van der Waals surface area contributed by atoms with Gasteiger partial charge in [-0.1, -0.05) is 0 Å².